The van der Waals surface area contributed by atoms with Gasteiger partial charge >= 0.3 is 0 Å². The van der Waals surface area contributed by atoms with E-state index in [0.29, 0.717) is 13.0 Å². The molecule has 0 aromatic carbocycles. The molecule has 2 rings (SSSR count). The second kappa shape index (κ2) is 6.15. The molecule has 2 heterocycles. The molecule has 6 heteroatoms. The first-order valence-electron chi connectivity index (χ1n) is 7.21. The molecule has 0 saturated carbocycles. The summed E-state index contributed by atoms with van der Waals surface area (Å²) >= 11 is 1.66. The standard InChI is InChI=1S/C15H24N4OS/c1-10-9-21-14-17-11(2)12(19(10)14)8-16-7-6-13(20)18-15(3,4)5/h9,16H,6-8H2,1-5H3,(H,18,20). The molecule has 0 spiro atoms. The van der Waals surface area contributed by atoms with Gasteiger partial charge < -0.3 is 10.6 Å². The molecule has 5 nitrogen and oxygen atoms in total. The number of aryl methyl sites for hydroxylation is 2. The minimum Gasteiger partial charge on any atom is -0.351 e. The van der Waals surface area contributed by atoms with Gasteiger partial charge in [0, 0.05) is 36.1 Å². The van der Waals surface area contributed by atoms with E-state index in [1.54, 1.807) is 11.3 Å². The van der Waals surface area contributed by atoms with Crippen LogP contribution in [0.3, 0.4) is 0 Å². The van der Waals surface area contributed by atoms with E-state index in [9.17, 15) is 4.79 Å². The number of carbonyl (C=O) groups is 1. The van der Waals surface area contributed by atoms with E-state index < -0.39 is 0 Å². The first-order chi connectivity index (χ1) is 9.78. The molecule has 0 aliphatic carbocycles. The topological polar surface area (TPSA) is 58.4 Å². The van der Waals surface area contributed by atoms with Crippen molar-refractivity contribution < 1.29 is 4.79 Å². The predicted molar refractivity (Wildman–Crippen MR) is 86.8 cm³/mol. The number of imidazole rings is 1. The fourth-order valence-electron chi connectivity index (χ4n) is 2.27. The third-order valence-corrected chi connectivity index (χ3v) is 4.11. The minimum atomic E-state index is -0.168. The smallest absolute Gasteiger partial charge is 0.221 e. The zero-order valence-corrected chi connectivity index (χ0v) is 14.2. The molecule has 0 atom stereocenters. The van der Waals surface area contributed by atoms with Crippen molar-refractivity contribution in [2.75, 3.05) is 6.54 Å². The summed E-state index contributed by atoms with van der Waals surface area (Å²) in [6, 6.07) is 0. The molecule has 0 aliphatic rings. The predicted octanol–water partition coefficient (Wildman–Crippen LogP) is 2.41. The number of thiazole rings is 1. The molecule has 2 aromatic rings. The summed E-state index contributed by atoms with van der Waals surface area (Å²) in [5.74, 6) is 0.0804. The summed E-state index contributed by atoms with van der Waals surface area (Å²) < 4.78 is 2.18. The number of hydrogen-bond donors (Lipinski definition) is 2. The largest absolute Gasteiger partial charge is 0.351 e. The Hall–Kier alpha value is -1.40. The molecule has 0 saturated heterocycles. The van der Waals surface area contributed by atoms with Crippen LogP contribution in [0.1, 0.15) is 44.3 Å². The summed E-state index contributed by atoms with van der Waals surface area (Å²) in [6.45, 7) is 11.5. The molecular weight excluding hydrogens is 284 g/mol. The summed E-state index contributed by atoms with van der Waals surface area (Å²) in [7, 11) is 0. The van der Waals surface area contributed by atoms with Gasteiger partial charge in [0.05, 0.1) is 11.4 Å². The highest BCUT2D eigenvalue weighted by molar-refractivity contribution is 7.15. The number of nitrogens with one attached hydrogen (secondary N) is 2. The molecule has 0 radical (unpaired) electrons. The monoisotopic (exact) mass is 308 g/mol. The van der Waals surface area contributed by atoms with Gasteiger partial charge in [-0.15, -0.1) is 11.3 Å². The maximum absolute atomic E-state index is 11.7. The second-order valence-corrected chi connectivity index (χ2v) is 7.20. The lowest BCUT2D eigenvalue weighted by Crippen LogP contribution is -2.41. The van der Waals surface area contributed by atoms with Crippen molar-refractivity contribution in [3.8, 4) is 0 Å². The van der Waals surface area contributed by atoms with E-state index in [2.05, 4.69) is 32.3 Å². The molecule has 2 N–H and O–H groups in total. The average molecular weight is 308 g/mol. The fraction of sp³-hybridized carbons (Fsp3) is 0.600. The van der Waals surface area contributed by atoms with Gasteiger partial charge in [0.1, 0.15) is 0 Å². The van der Waals surface area contributed by atoms with Crippen molar-refractivity contribution in [1.29, 1.82) is 0 Å². The Bertz CT molecular complexity index is 636. The molecule has 116 valence electrons. The van der Waals surface area contributed by atoms with E-state index >= 15 is 0 Å². The van der Waals surface area contributed by atoms with Crippen molar-refractivity contribution in [2.24, 2.45) is 0 Å². The number of rotatable bonds is 5. The van der Waals surface area contributed by atoms with Crippen LogP contribution in [0.25, 0.3) is 4.96 Å². The summed E-state index contributed by atoms with van der Waals surface area (Å²) in [5, 5.41) is 8.41. The van der Waals surface area contributed by atoms with E-state index in [0.717, 1.165) is 17.2 Å². The SMILES string of the molecule is Cc1nc2scc(C)n2c1CNCCC(=O)NC(C)(C)C. The van der Waals surface area contributed by atoms with Gasteiger partial charge in [-0.1, -0.05) is 0 Å². The fourth-order valence-corrected chi connectivity index (χ4v) is 3.20. The lowest BCUT2D eigenvalue weighted by molar-refractivity contribution is -0.122. The van der Waals surface area contributed by atoms with Crippen LogP contribution in [0.5, 0.6) is 0 Å². The normalized spacial score (nSPS) is 12.0. The molecule has 0 fully saturated rings. The van der Waals surface area contributed by atoms with Gasteiger partial charge in [0.25, 0.3) is 0 Å². The van der Waals surface area contributed by atoms with Gasteiger partial charge in [-0.2, -0.15) is 0 Å². The van der Waals surface area contributed by atoms with Crippen LogP contribution >= 0.6 is 11.3 Å². The second-order valence-electron chi connectivity index (χ2n) is 6.36. The lowest BCUT2D eigenvalue weighted by Gasteiger charge is -2.20. The van der Waals surface area contributed by atoms with Gasteiger partial charge in [-0.3, -0.25) is 9.20 Å². The van der Waals surface area contributed by atoms with Gasteiger partial charge in [0.15, 0.2) is 4.96 Å². The van der Waals surface area contributed by atoms with Crippen LogP contribution in [-0.4, -0.2) is 27.4 Å². The summed E-state index contributed by atoms with van der Waals surface area (Å²) in [5.41, 5.74) is 3.27. The molecule has 2 aromatic heterocycles. The third kappa shape index (κ3) is 4.04. The van der Waals surface area contributed by atoms with E-state index in [1.807, 2.05) is 27.7 Å². The van der Waals surface area contributed by atoms with Crippen LogP contribution in [0.4, 0.5) is 0 Å². The number of aromatic nitrogens is 2. The molecule has 0 aliphatic heterocycles. The molecule has 0 bridgehead atoms. The minimum absolute atomic E-state index is 0.0804. The van der Waals surface area contributed by atoms with Crippen molar-refractivity contribution in [2.45, 2.75) is 53.1 Å². The highest BCUT2D eigenvalue weighted by Gasteiger charge is 2.14. The average Bonchev–Trinajstić information content (AvgIpc) is 2.83. The molecule has 0 unspecified atom stereocenters. The molecule has 1 amide bonds. The number of nitrogens with zero attached hydrogens (tertiary/aromatic N) is 2. The van der Waals surface area contributed by atoms with Crippen LogP contribution in [0.2, 0.25) is 0 Å². The number of hydrogen-bond acceptors (Lipinski definition) is 4. The quantitative estimate of drug-likeness (QED) is 0.834. The van der Waals surface area contributed by atoms with E-state index in [4.69, 9.17) is 0 Å². The van der Waals surface area contributed by atoms with Gasteiger partial charge in [-0.05, 0) is 34.6 Å². The van der Waals surface area contributed by atoms with E-state index in [-0.39, 0.29) is 11.4 Å². The maximum Gasteiger partial charge on any atom is 0.221 e. The Morgan fingerprint density at radius 3 is 2.76 bits per heavy atom. The number of fused-ring (bicyclic) bond motifs is 1. The number of carbonyl (C=O) groups excluding carboxylic acids is 1. The third-order valence-electron chi connectivity index (χ3n) is 3.17. The van der Waals surface area contributed by atoms with Crippen LogP contribution < -0.4 is 10.6 Å². The zero-order chi connectivity index (χ0) is 15.6. The number of amides is 1. The molecule has 21 heavy (non-hydrogen) atoms. The Kier molecular flexibility index (Phi) is 4.68. The van der Waals surface area contributed by atoms with Gasteiger partial charge in [0.2, 0.25) is 5.91 Å². The lowest BCUT2D eigenvalue weighted by atomic mass is 10.1. The Morgan fingerprint density at radius 2 is 2.10 bits per heavy atom. The van der Waals surface area contributed by atoms with Gasteiger partial charge in [-0.25, -0.2) is 4.98 Å². The van der Waals surface area contributed by atoms with Crippen molar-refractivity contribution >= 4 is 22.2 Å². The van der Waals surface area contributed by atoms with Crippen LogP contribution in [-0.2, 0) is 11.3 Å². The first kappa shape index (κ1) is 16.0. The van der Waals surface area contributed by atoms with Crippen LogP contribution in [0.15, 0.2) is 5.38 Å². The Morgan fingerprint density at radius 1 is 1.38 bits per heavy atom. The maximum atomic E-state index is 11.7. The van der Waals surface area contributed by atoms with Crippen molar-refractivity contribution in [1.82, 2.24) is 20.0 Å². The summed E-state index contributed by atoms with van der Waals surface area (Å²) in [6.07, 6.45) is 0.487. The Balaban J connectivity index is 1.87. The van der Waals surface area contributed by atoms with Crippen molar-refractivity contribution in [3.63, 3.8) is 0 Å². The Labute approximate surface area is 129 Å². The summed E-state index contributed by atoms with van der Waals surface area (Å²) in [4.78, 5) is 17.3. The highest BCUT2D eigenvalue weighted by atomic mass is 32.1. The van der Waals surface area contributed by atoms with E-state index in [1.165, 1.54) is 11.4 Å². The first-order valence-corrected chi connectivity index (χ1v) is 8.09. The highest BCUT2D eigenvalue weighted by Crippen LogP contribution is 2.20. The van der Waals surface area contributed by atoms with Crippen LogP contribution in [0, 0.1) is 13.8 Å². The zero-order valence-electron chi connectivity index (χ0n) is 13.4. The molecular formula is C15H24N4OS. The van der Waals surface area contributed by atoms with Crippen molar-refractivity contribution in [3.05, 3.63) is 22.5 Å².